The molecular weight excluding hydrogens is 364 g/mol. The lowest BCUT2D eigenvalue weighted by molar-refractivity contribution is -0.148. The molecule has 1 aromatic heterocycles. The van der Waals surface area contributed by atoms with Crippen molar-refractivity contribution in [3.05, 3.63) is 77.5 Å². The molecule has 1 atom stereocenters. The van der Waals surface area contributed by atoms with E-state index in [2.05, 4.69) is 10.3 Å². The minimum absolute atomic E-state index is 0.442. The van der Waals surface area contributed by atoms with Crippen molar-refractivity contribution in [1.82, 2.24) is 4.98 Å². The van der Waals surface area contributed by atoms with Gasteiger partial charge in [-0.05, 0) is 43.3 Å². The highest BCUT2D eigenvalue weighted by molar-refractivity contribution is 6.30. The Morgan fingerprint density at radius 2 is 1.93 bits per heavy atom. The zero-order chi connectivity index (χ0) is 19.2. The number of nitrogens with zero attached hydrogens (tertiary/aromatic N) is 1. The van der Waals surface area contributed by atoms with Crippen molar-refractivity contribution in [2.24, 2.45) is 0 Å². The van der Waals surface area contributed by atoms with Gasteiger partial charge < -0.3 is 10.1 Å². The summed E-state index contributed by atoms with van der Waals surface area (Å²) < 4.78 is 5.13. The van der Waals surface area contributed by atoms with Crippen molar-refractivity contribution in [1.29, 1.82) is 0 Å². The third-order valence-corrected chi connectivity index (χ3v) is 4.00. The molecule has 0 aliphatic heterocycles. The first-order valence-corrected chi connectivity index (χ1v) is 8.70. The second kappa shape index (κ2) is 8.47. The Kier molecular flexibility index (Phi) is 5.84. The van der Waals surface area contributed by atoms with Crippen LogP contribution in [0.25, 0.3) is 17.0 Å². The SMILES string of the molecule is CC(OC(=O)/C=C/c1ccc2ccccc2n1)C(=O)Nc1cccc(Cl)c1. The van der Waals surface area contributed by atoms with E-state index < -0.39 is 18.0 Å². The average Bonchev–Trinajstić information content (AvgIpc) is 2.66. The Hall–Kier alpha value is -3.18. The number of carbonyl (C=O) groups excluding carboxylic acids is 2. The van der Waals surface area contributed by atoms with Gasteiger partial charge in [-0.3, -0.25) is 4.79 Å². The quantitative estimate of drug-likeness (QED) is 0.523. The summed E-state index contributed by atoms with van der Waals surface area (Å²) in [6.45, 7) is 1.50. The van der Waals surface area contributed by atoms with E-state index in [4.69, 9.17) is 16.3 Å². The molecule has 1 amide bonds. The van der Waals surface area contributed by atoms with Crippen molar-refractivity contribution >= 4 is 46.1 Å². The molecule has 3 aromatic rings. The molecule has 0 saturated heterocycles. The van der Waals surface area contributed by atoms with Gasteiger partial charge in [0.05, 0.1) is 11.2 Å². The lowest BCUT2D eigenvalue weighted by Crippen LogP contribution is -2.29. The molecule has 0 aliphatic carbocycles. The van der Waals surface area contributed by atoms with Crippen LogP contribution in [-0.2, 0) is 14.3 Å². The van der Waals surface area contributed by atoms with Crippen LogP contribution in [0.2, 0.25) is 5.02 Å². The standard InChI is InChI=1S/C21H17ClN2O3/c1-14(21(26)24-18-7-4-6-16(22)13-18)27-20(25)12-11-17-10-9-15-5-2-3-8-19(15)23-17/h2-14H,1H3,(H,24,26)/b12-11+. The van der Waals surface area contributed by atoms with Gasteiger partial charge in [0.25, 0.3) is 5.91 Å². The normalized spacial score (nSPS) is 12.1. The molecule has 0 aliphatic rings. The number of hydrogen-bond acceptors (Lipinski definition) is 4. The number of ether oxygens (including phenoxy) is 1. The fraction of sp³-hybridized carbons (Fsp3) is 0.0952. The van der Waals surface area contributed by atoms with Crippen LogP contribution in [0.3, 0.4) is 0 Å². The van der Waals surface area contributed by atoms with Gasteiger partial charge in [0, 0.05) is 22.2 Å². The minimum atomic E-state index is -0.953. The smallest absolute Gasteiger partial charge is 0.331 e. The largest absolute Gasteiger partial charge is 0.449 e. The Balaban J connectivity index is 1.58. The van der Waals surface area contributed by atoms with E-state index in [0.717, 1.165) is 10.9 Å². The predicted octanol–water partition coefficient (Wildman–Crippen LogP) is 4.47. The second-order valence-corrected chi connectivity index (χ2v) is 6.28. The zero-order valence-corrected chi connectivity index (χ0v) is 15.3. The van der Waals surface area contributed by atoms with Crippen molar-refractivity contribution in [2.75, 3.05) is 5.32 Å². The number of nitrogens with one attached hydrogen (secondary N) is 1. The molecule has 0 spiro atoms. The van der Waals surface area contributed by atoms with Crippen LogP contribution >= 0.6 is 11.6 Å². The molecule has 1 unspecified atom stereocenters. The summed E-state index contributed by atoms with van der Waals surface area (Å²) in [4.78, 5) is 28.5. The molecular formula is C21H17ClN2O3. The molecule has 136 valence electrons. The van der Waals surface area contributed by atoms with E-state index >= 15 is 0 Å². The summed E-state index contributed by atoms with van der Waals surface area (Å²) in [5, 5.41) is 4.16. The highest BCUT2D eigenvalue weighted by Crippen LogP contribution is 2.15. The van der Waals surface area contributed by atoms with Crippen LogP contribution in [0, 0.1) is 0 Å². The van der Waals surface area contributed by atoms with Crippen LogP contribution in [0.1, 0.15) is 12.6 Å². The van der Waals surface area contributed by atoms with Crippen LogP contribution in [0.5, 0.6) is 0 Å². The first-order valence-electron chi connectivity index (χ1n) is 8.32. The number of anilines is 1. The van der Waals surface area contributed by atoms with Crippen molar-refractivity contribution < 1.29 is 14.3 Å². The van der Waals surface area contributed by atoms with Crippen molar-refractivity contribution in [2.45, 2.75) is 13.0 Å². The highest BCUT2D eigenvalue weighted by Gasteiger charge is 2.16. The molecule has 2 aromatic carbocycles. The predicted molar refractivity (Wildman–Crippen MR) is 106 cm³/mol. The number of benzene rings is 2. The summed E-state index contributed by atoms with van der Waals surface area (Å²) in [7, 11) is 0. The van der Waals surface area contributed by atoms with Gasteiger partial charge in [0.2, 0.25) is 0 Å². The molecule has 5 nitrogen and oxygen atoms in total. The minimum Gasteiger partial charge on any atom is -0.449 e. The number of carbonyl (C=O) groups is 2. The van der Waals surface area contributed by atoms with E-state index in [1.54, 1.807) is 36.4 Å². The molecule has 0 fully saturated rings. The molecule has 27 heavy (non-hydrogen) atoms. The number of fused-ring (bicyclic) bond motifs is 1. The lowest BCUT2D eigenvalue weighted by atomic mass is 10.2. The Morgan fingerprint density at radius 1 is 1.11 bits per heavy atom. The maximum Gasteiger partial charge on any atom is 0.331 e. The number of halogens is 1. The molecule has 6 heteroatoms. The van der Waals surface area contributed by atoms with Crippen LogP contribution in [0.4, 0.5) is 5.69 Å². The fourth-order valence-corrected chi connectivity index (χ4v) is 2.60. The lowest BCUT2D eigenvalue weighted by Gasteiger charge is -2.12. The average molecular weight is 381 g/mol. The van der Waals surface area contributed by atoms with Gasteiger partial charge in [-0.2, -0.15) is 0 Å². The highest BCUT2D eigenvalue weighted by atomic mass is 35.5. The first kappa shape index (κ1) is 18.6. The number of esters is 1. The van der Waals surface area contributed by atoms with Gasteiger partial charge in [-0.25, -0.2) is 9.78 Å². The van der Waals surface area contributed by atoms with Crippen LogP contribution in [0.15, 0.2) is 66.7 Å². The topological polar surface area (TPSA) is 68.3 Å². The Labute approximate surface area is 161 Å². The number of hydrogen-bond donors (Lipinski definition) is 1. The van der Waals surface area contributed by atoms with Gasteiger partial charge in [0.15, 0.2) is 6.10 Å². The second-order valence-electron chi connectivity index (χ2n) is 5.84. The van der Waals surface area contributed by atoms with Crippen LogP contribution in [-0.4, -0.2) is 23.0 Å². The van der Waals surface area contributed by atoms with Gasteiger partial charge >= 0.3 is 5.97 Å². The maximum absolute atomic E-state index is 12.1. The molecule has 0 bridgehead atoms. The third-order valence-electron chi connectivity index (χ3n) is 3.76. The number of aromatic nitrogens is 1. The zero-order valence-electron chi connectivity index (χ0n) is 14.6. The molecule has 1 N–H and O–H groups in total. The molecule has 1 heterocycles. The van der Waals surface area contributed by atoms with E-state index in [-0.39, 0.29) is 0 Å². The summed E-state index contributed by atoms with van der Waals surface area (Å²) in [6, 6.07) is 18.2. The summed E-state index contributed by atoms with van der Waals surface area (Å²) in [6.07, 6.45) is 1.85. The molecule has 3 rings (SSSR count). The Bertz CT molecular complexity index is 1020. The van der Waals surface area contributed by atoms with Gasteiger partial charge in [0.1, 0.15) is 0 Å². The van der Waals surface area contributed by atoms with Crippen molar-refractivity contribution in [3.63, 3.8) is 0 Å². The number of amides is 1. The number of pyridine rings is 1. The Morgan fingerprint density at radius 3 is 2.74 bits per heavy atom. The molecule has 0 radical (unpaired) electrons. The summed E-state index contributed by atoms with van der Waals surface area (Å²) >= 11 is 5.88. The number of rotatable bonds is 5. The maximum atomic E-state index is 12.1. The monoisotopic (exact) mass is 380 g/mol. The van der Waals surface area contributed by atoms with E-state index in [1.165, 1.54) is 13.0 Å². The number of para-hydroxylation sites is 1. The summed E-state index contributed by atoms with van der Waals surface area (Å²) in [5.74, 6) is -1.07. The van der Waals surface area contributed by atoms with Crippen LogP contribution < -0.4 is 5.32 Å². The van der Waals surface area contributed by atoms with E-state index in [1.807, 2.05) is 30.3 Å². The fourth-order valence-electron chi connectivity index (χ4n) is 2.41. The summed E-state index contributed by atoms with van der Waals surface area (Å²) in [5.41, 5.74) is 2.00. The van der Waals surface area contributed by atoms with Gasteiger partial charge in [-0.1, -0.05) is 41.9 Å². The van der Waals surface area contributed by atoms with Crippen molar-refractivity contribution in [3.8, 4) is 0 Å². The molecule has 0 saturated carbocycles. The first-order chi connectivity index (χ1) is 13.0. The van der Waals surface area contributed by atoms with E-state index in [0.29, 0.717) is 16.4 Å². The van der Waals surface area contributed by atoms with E-state index in [9.17, 15) is 9.59 Å². The third kappa shape index (κ3) is 5.15. The van der Waals surface area contributed by atoms with Gasteiger partial charge in [-0.15, -0.1) is 0 Å².